The summed E-state index contributed by atoms with van der Waals surface area (Å²) >= 11 is 0. The smallest absolute Gasteiger partial charge is 0.332 e. The normalized spacial score (nSPS) is 15.3. The molecule has 184 valence electrons. The predicted octanol–water partition coefficient (Wildman–Crippen LogP) is 3.87. The van der Waals surface area contributed by atoms with E-state index in [1.807, 2.05) is 47.0 Å². The van der Waals surface area contributed by atoms with E-state index < -0.39 is 17.4 Å². The molecule has 0 radical (unpaired) electrons. The van der Waals surface area contributed by atoms with Crippen molar-refractivity contribution in [3.63, 3.8) is 0 Å². The summed E-state index contributed by atoms with van der Waals surface area (Å²) in [5.41, 5.74) is 0.0658. The van der Waals surface area contributed by atoms with E-state index in [2.05, 4.69) is 11.9 Å². The highest BCUT2D eigenvalue weighted by Crippen LogP contribution is 2.31. The van der Waals surface area contributed by atoms with Gasteiger partial charge < -0.3 is 14.4 Å². The van der Waals surface area contributed by atoms with Crippen LogP contribution < -0.4 is 16.0 Å². The number of aliphatic hydroxyl groups is 1. The Bertz CT molecular complexity index is 1440. The molecule has 1 fully saturated rings. The third-order valence-corrected chi connectivity index (χ3v) is 6.97. The van der Waals surface area contributed by atoms with Gasteiger partial charge in [0, 0.05) is 18.0 Å². The Kier molecular flexibility index (Phi) is 6.72. The lowest BCUT2D eigenvalue weighted by Gasteiger charge is -2.17. The van der Waals surface area contributed by atoms with E-state index in [9.17, 15) is 14.7 Å². The van der Waals surface area contributed by atoms with Crippen LogP contribution in [-0.4, -0.2) is 36.5 Å². The number of aryl methyl sites for hydroxylation is 1. The summed E-state index contributed by atoms with van der Waals surface area (Å²) in [6.07, 6.45) is 6.64. The summed E-state index contributed by atoms with van der Waals surface area (Å²) in [6, 6.07) is 13.8. The number of hydrogen-bond acceptors (Lipinski definition) is 5. The van der Waals surface area contributed by atoms with E-state index in [1.165, 1.54) is 0 Å². The number of hydrogen-bond donors (Lipinski definition) is 1. The number of unbranched alkanes of at least 4 members (excludes halogenated alkanes) is 1. The molecule has 2 aromatic carbocycles. The molecule has 1 atom stereocenters. The van der Waals surface area contributed by atoms with Gasteiger partial charge in [0.15, 0.2) is 11.2 Å². The fourth-order valence-electron chi connectivity index (χ4n) is 5.11. The van der Waals surface area contributed by atoms with Crippen LogP contribution >= 0.6 is 0 Å². The third kappa shape index (κ3) is 4.50. The standard InChI is InChI=1S/C27H32N4O4/c1-2-3-15-29-25-24(31(18-28-25)20-11-5-6-12-20)26(33)30(27(29)34)16-21(32)17-35-23-14-8-10-19-9-4-7-13-22(19)23/h4,7-10,13-14,18,20-21,32H,2-3,5-6,11-12,15-17H2,1H3. The largest absolute Gasteiger partial charge is 0.490 e. The maximum absolute atomic E-state index is 13.5. The zero-order valence-electron chi connectivity index (χ0n) is 20.1. The summed E-state index contributed by atoms with van der Waals surface area (Å²) in [4.78, 5) is 31.4. The minimum absolute atomic E-state index is 0.0330. The molecule has 1 unspecified atom stereocenters. The lowest BCUT2D eigenvalue weighted by molar-refractivity contribution is 0.0909. The number of nitrogens with zero attached hydrogens (tertiary/aromatic N) is 4. The number of benzene rings is 2. The van der Waals surface area contributed by atoms with E-state index in [-0.39, 0.29) is 19.2 Å². The van der Waals surface area contributed by atoms with Crippen molar-refractivity contribution in [3.05, 3.63) is 69.6 Å². The van der Waals surface area contributed by atoms with Gasteiger partial charge in [0.1, 0.15) is 18.5 Å². The average Bonchev–Trinajstić information content (AvgIpc) is 3.55. The second-order valence-corrected chi connectivity index (χ2v) is 9.41. The van der Waals surface area contributed by atoms with E-state index in [4.69, 9.17) is 4.74 Å². The summed E-state index contributed by atoms with van der Waals surface area (Å²) in [6.45, 7) is 2.37. The summed E-state index contributed by atoms with van der Waals surface area (Å²) < 4.78 is 10.6. The van der Waals surface area contributed by atoms with Crippen LogP contribution in [0.4, 0.5) is 0 Å². The number of rotatable bonds is 9. The zero-order chi connectivity index (χ0) is 24.4. The molecule has 35 heavy (non-hydrogen) atoms. The van der Waals surface area contributed by atoms with E-state index >= 15 is 0 Å². The summed E-state index contributed by atoms with van der Waals surface area (Å²) in [7, 11) is 0. The van der Waals surface area contributed by atoms with Gasteiger partial charge in [-0.25, -0.2) is 9.78 Å². The van der Waals surface area contributed by atoms with Crippen LogP contribution in [0.15, 0.2) is 58.4 Å². The van der Waals surface area contributed by atoms with Gasteiger partial charge in [0.2, 0.25) is 0 Å². The topological polar surface area (TPSA) is 91.3 Å². The minimum Gasteiger partial charge on any atom is -0.490 e. The number of imidazole rings is 1. The Balaban J connectivity index is 1.46. The van der Waals surface area contributed by atoms with Crippen LogP contribution in [0.5, 0.6) is 5.75 Å². The second-order valence-electron chi connectivity index (χ2n) is 9.41. The fraction of sp³-hybridized carbons (Fsp3) is 0.444. The van der Waals surface area contributed by atoms with Gasteiger partial charge in [-0.1, -0.05) is 62.6 Å². The van der Waals surface area contributed by atoms with Gasteiger partial charge in [-0.2, -0.15) is 0 Å². The first-order valence-electron chi connectivity index (χ1n) is 12.6. The molecule has 0 spiro atoms. The number of fused-ring (bicyclic) bond motifs is 2. The van der Waals surface area contributed by atoms with Gasteiger partial charge >= 0.3 is 5.69 Å². The Labute approximate surface area is 203 Å². The molecule has 0 saturated heterocycles. The molecule has 2 aromatic heterocycles. The molecule has 4 aromatic rings. The van der Waals surface area contributed by atoms with Crippen LogP contribution in [0.1, 0.15) is 51.5 Å². The van der Waals surface area contributed by atoms with Crippen molar-refractivity contribution in [2.75, 3.05) is 6.61 Å². The van der Waals surface area contributed by atoms with Gasteiger partial charge in [-0.05, 0) is 30.7 Å². The van der Waals surface area contributed by atoms with Crippen LogP contribution in [0.25, 0.3) is 21.9 Å². The summed E-state index contributed by atoms with van der Waals surface area (Å²) in [5.74, 6) is 0.657. The highest BCUT2D eigenvalue weighted by Gasteiger charge is 2.24. The molecule has 8 nitrogen and oxygen atoms in total. The first-order chi connectivity index (χ1) is 17.1. The van der Waals surface area contributed by atoms with Crippen LogP contribution in [0.2, 0.25) is 0 Å². The maximum Gasteiger partial charge on any atom is 0.332 e. The highest BCUT2D eigenvalue weighted by molar-refractivity contribution is 5.88. The minimum atomic E-state index is -1.03. The molecule has 0 amide bonds. The quantitative estimate of drug-likeness (QED) is 0.396. The van der Waals surface area contributed by atoms with Crippen molar-refractivity contribution in [1.29, 1.82) is 0 Å². The molecule has 1 saturated carbocycles. The molecule has 8 heteroatoms. The number of aliphatic hydroxyl groups excluding tert-OH is 1. The molecule has 0 aliphatic heterocycles. The van der Waals surface area contributed by atoms with E-state index in [1.54, 1.807) is 10.9 Å². The van der Waals surface area contributed by atoms with E-state index in [0.717, 1.165) is 53.9 Å². The van der Waals surface area contributed by atoms with Crippen molar-refractivity contribution < 1.29 is 9.84 Å². The van der Waals surface area contributed by atoms with Gasteiger partial charge in [0.25, 0.3) is 5.56 Å². The van der Waals surface area contributed by atoms with Crippen LogP contribution in [0, 0.1) is 0 Å². The van der Waals surface area contributed by atoms with Crippen molar-refractivity contribution in [2.45, 2.75) is 70.7 Å². The zero-order valence-corrected chi connectivity index (χ0v) is 20.1. The van der Waals surface area contributed by atoms with Crippen molar-refractivity contribution in [3.8, 4) is 5.75 Å². The maximum atomic E-state index is 13.5. The average molecular weight is 477 g/mol. The third-order valence-electron chi connectivity index (χ3n) is 6.97. The molecule has 1 N–H and O–H groups in total. The summed E-state index contributed by atoms with van der Waals surface area (Å²) in [5, 5.41) is 12.8. The lowest BCUT2D eigenvalue weighted by Crippen LogP contribution is -2.44. The van der Waals surface area contributed by atoms with Crippen LogP contribution in [0.3, 0.4) is 0 Å². The van der Waals surface area contributed by atoms with Gasteiger partial charge in [-0.3, -0.25) is 13.9 Å². The van der Waals surface area contributed by atoms with Crippen LogP contribution in [-0.2, 0) is 13.1 Å². The van der Waals surface area contributed by atoms with E-state index in [0.29, 0.717) is 23.5 Å². The lowest BCUT2D eigenvalue weighted by atomic mass is 10.1. The first kappa shape index (κ1) is 23.4. The monoisotopic (exact) mass is 476 g/mol. The molecule has 0 bridgehead atoms. The van der Waals surface area contributed by atoms with Crippen molar-refractivity contribution in [1.82, 2.24) is 18.7 Å². The Morgan fingerprint density at radius 1 is 1.09 bits per heavy atom. The van der Waals surface area contributed by atoms with Crippen molar-refractivity contribution >= 4 is 21.9 Å². The second kappa shape index (κ2) is 10.1. The SMILES string of the molecule is CCCCn1c(=O)n(CC(O)COc2cccc3ccccc23)c(=O)c2c1ncn2C1CCCC1. The van der Waals surface area contributed by atoms with Crippen molar-refractivity contribution in [2.24, 2.45) is 0 Å². The van der Waals surface area contributed by atoms with Gasteiger partial charge in [0.05, 0.1) is 12.9 Å². The molecule has 2 heterocycles. The molecular weight excluding hydrogens is 444 g/mol. The Hall–Kier alpha value is -3.39. The molecule has 1 aliphatic rings. The Morgan fingerprint density at radius 3 is 2.66 bits per heavy atom. The Morgan fingerprint density at radius 2 is 1.86 bits per heavy atom. The van der Waals surface area contributed by atoms with Gasteiger partial charge in [-0.15, -0.1) is 0 Å². The highest BCUT2D eigenvalue weighted by atomic mass is 16.5. The number of aromatic nitrogens is 4. The number of ether oxygens (including phenoxy) is 1. The molecular formula is C27H32N4O4. The predicted molar refractivity (Wildman–Crippen MR) is 136 cm³/mol. The molecule has 1 aliphatic carbocycles. The molecule has 5 rings (SSSR count). The fourth-order valence-corrected chi connectivity index (χ4v) is 5.11. The first-order valence-corrected chi connectivity index (χ1v) is 12.6.